The van der Waals surface area contributed by atoms with Crippen molar-refractivity contribution in [1.29, 1.82) is 0 Å². The van der Waals surface area contributed by atoms with E-state index in [-0.39, 0.29) is 5.91 Å². The van der Waals surface area contributed by atoms with Crippen molar-refractivity contribution in [1.82, 2.24) is 0 Å². The summed E-state index contributed by atoms with van der Waals surface area (Å²) in [6.45, 7) is 5.42. The van der Waals surface area contributed by atoms with Gasteiger partial charge in [0, 0.05) is 12.3 Å². The number of benzene rings is 2. The van der Waals surface area contributed by atoms with Crippen molar-refractivity contribution < 1.29 is 14.3 Å². The predicted octanol–water partition coefficient (Wildman–Crippen LogP) is 5.58. The van der Waals surface area contributed by atoms with Crippen LogP contribution in [0.2, 0.25) is 0 Å². The maximum atomic E-state index is 13.1. The molecule has 0 aliphatic heterocycles. The summed E-state index contributed by atoms with van der Waals surface area (Å²) in [7, 11) is 0. The molecule has 2 aromatic rings. The minimum absolute atomic E-state index is 0.0227. The van der Waals surface area contributed by atoms with E-state index in [2.05, 4.69) is 19.2 Å². The molecular weight excluding hydrogens is 350 g/mol. The molecule has 0 saturated heterocycles. The Morgan fingerprint density at radius 2 is 1.89 bits per heavy atom. The predicted molar refractivity (Wildman–Crippen MR) is 112 cm³/mol. The Labute approximate surface area is 168 Å². The average Bonchev–Trinajstić information content (AvgIpc) is 2.72. The van der Waals surface area contributed by atoms with Gasteiger partial charge in [-0.2, -0.15) is 0 Å². The number of anilines is 1. The van der Waals surface area contributed by atoms with Crippen LogP contribution in [0.5, 0.6) is 5.75 Å². The highest BCUT2D eigenvalue weighted by Crippen LogP contribution is 2.36. The molecule has 4 nitrogen and oxygen atoms in total. The summed E-state index contributed by atoms with van der Waals surface area (Å²) in [4.78, 5) is 13.1. The molecular formula is C24H31NO3. The van der Waals surface area contributed by atoms with Gasteiger partial charge in [0.1, 0.15) is 18.0 Å². The molecule has 3 rings (SSSR count). The zero-order valence-electron chi connectivity index (χ0n) is 16.9. The van der Waals surface area contributed by atoms with Gasteiger partial charge in [-0.1, -0.05) is 50.6 Å². The Morgan fingerprint density at radius 3 is 2.57 bits per heavy atom. The second kappa shape index (κ2) is 9.74. The molecule has 150 valence electrons. The zero-order valence-corrected chi connectivity index (χ0v) is 16.9. The van der Waals surface area contributed by atoms with Crippen molar-refractivity contribution in [2.45, 2.75) is 58.2 Å². The number of ether oxygens (including phenoxy) is 2. The van der Waals surface area contributed by atoms with Gasteiger partial charge in [-0.15, -0.1) is 0 Å². The fourth-order valence-electron chi connectivity index (χ4n) is 3.82. The van der Waals surface area contributed by atoms with Gasteiger partial charge >= 0.3 is 0 Å². The lowest BCUT2D eigenvalue weighted by molar-refractivity contribution is -0.148. The third-order valence-corrected chi connectivity index (χ3v) is 5.31. The number of hydrogen-bond donors (Lipinski definition) is 1. The van der Waals surface area contributed by atoms with E-state index in [0.29, 0.717) is 19.1 Å². The topological polar surface area (TPSA) is 47.6 Å². The van der Waals surface area contributed by atoms with Gasteiger partial charge in [0.15, 0.2) is 0 Å². The van der Waals surface area contributed by atoms with Gasteiger partial charge in [-0.25, -0.2) is 0 Å². The lowest BCUT2D eigenvalue weighted by Crippen LogP contribution is -2.48. The summed E-state index contributed by atoms with van der Waals surface area (Å²) in [5.41, 5.74) is 1.20. The molecule has 1 N–H and O–H groups in total. The largest absolute Gasteiger partial charge is 0.489 e. The Kier molecular flexibility index (Phi) is 7.10. The first kappa shape index (κ1) is 20.4. The molecule has 0 spiro atoms. The molecule has 2 aromatic carbocycles. The summed E-state index contributed by atoms with van der Waals surface area (Å²) in [5.74, 6) is 1.26. The van der Waals surface area contributed by atoms with Crippen LogP contribution < -0.4 is 10.1 Å². The Hall–Kier alpha value is -2.33. The van der Waals surface area contributed by atoms with E-state index in [0.717, 1.165) is 49.1 Å². The highest BCUT2D eigenvalue weighted by atomic mass is 16.5. The lowest BCUT2D eigenvalue weighted by Gasteiger charge is -2.38. The SMILES string of the molecule is CCCO[C@@]1(C(=O)Nc2ccc(OCc3ccccc3)cc2)CCC[C@H](C)C1. The van der Waals surface area contributed by atoms with Crippen molar-refractivity contribution >= 4 is 11.6 Å². The Morgan fingerprint density at radius 1 is 1.14 bits per heavy atom. The fourth-order valence-corrected chi connectivity index (χ4v) is 3.82. The summed E-state index contributed by atoms with van der Waals surface area (Å²) in [6.07, 6.45) is 4.69. The molecule has 1 aliphatic rings. The van der Waals surface area contributed by atoms with Crippen LogP contribution in [-0.2, 0) is 16.1 Å². The van der Waals surface area contributed by atoms with E-state index in [1.54, 1.807) is 0 Å². The lowest BCUT2D eigenvalue weighted by atomic mass is 9.78. The molecule has 0 radical (unpaired) electrons. The van der Waals surface area contributed by atoms with Crippen molar-refractivity contribution in [2.75, 3.05) is 11.9 Å². The van der Waals surface area contributed by atoms with Crippen LogP contribution in [0, 0.1) is 5.92 Å². The smallest absolute Gasteiger partial charge is 0.256 e. The van der Waals surface area contributed by atoms with Gasteiger partial charge in [0.2, 0.25) is 0 Å². The molecule has 0 aromatic heterocycles. The third kappa shape index (κ3) is 5.35. The van der Waals surface area contributed by atoms with E-state index in [4.69, 9.17) is 9.47 Å². The molecule has 1 saturated carbocycles. The van der Waals surface area contributed by atoms with Crippen LogP contribution in [0.4, 0.5) is 5.69 Å². The number of hydrogen-bond acceptors (Lipinski definition) is 3. The van der Waals surface area contributed by atoms with Crippen molar-refractivity contribution in [2.24, 2.45) is 5.92 Å². The van der Waals surface area contributed by atoms with Crippen LogP contribution >= 0.6 is 0 Å². The van der Waals surface area contributed by atoms with E-state index in [9.17, 15) is 4.79 Å². The molecule has 0 unspecified atom stereocenters. The van der Waals surface area contributed by atoms with Crippen LogP contribution in [0.3, 0.4) is 0 Å². The molecule has 1 aliphatic carbocycles. The molecule has 4 heteroatoms. The third-order valence-electron chi connectivity index (χ3n) is 5.31. The van der Waals surface area contributed by atoms with E-state index in [1.165, 1.54) is 0 Å². The summed E-state index contributed by atoms with van der Waals surface area (Å²) >= 11 is 0. The first-order valence-electron chi connectivity index (χ1n) is 10.3. The molecule has 28 heavy (non-hydrogen) atoms. The molecule has 1 amide bonds. The Bertz CT molecular complexity index is 744. The van der Waals surface area contributed by atoms with Crippen LogP contribution in [-0.4, -0.2) is 18.1 Å². The van der Waals surface area contributed by atoms with Gasteiger partial charge in [-0.3, -0.25) is 4.79 Å². The van der Waals surface area contributed by atoms with Crippen molar-refractivity contribution in [3.63, 3.8) is 0 Å². The van der Waals surface area contributed by atoms with Crippen molar-refractivity contribution in [3.8, 4) is 5.75 Å². The highest BCUT2D eigenvalue weighted by molar-refractivity contribution is 5.97. The second-order valence-corrected chi connectivity index (χ2v) is 7.80. The van der Waals surface area contributed by atoms with Gasteiger partial charge in [0.25, 0.3) is 5.91 Å². The quantitative estimate of drug-likeness (QED) is 0.649. The maximum absolute atomic E-state index is 13.1. The second-order valence-electron chi connectivity index (χ2n) is 7.80. The van der Waals surface area contributed by atoms with Gasteiger partial charge < -0.3 is 14.8 Å². The van der Waals surface area contributed by atoms with E-state index < -0.39 is 5.60 Å². The first-order chi connectivity index (χ1) is 13.6. The minimum atomic E-state index is -0.698. The van der Waals surface area contributed by atoms with Gasteiger partial charge in [0.05, 0.1) is 0 Å². The van der Waals surface area contributed by atoms with Gasteiger partial charge in [-0.05, 0) is 61.4 Å². The number of amides is 1. The first-order valence-corrected chi connectivity index (χ1v) is 10.3. The van der Waals surface area contributed by atoms with E-state index >= 15 is 0 Å². The highest BCUT2D eigenvalue weighted by Gasteiger charge is 2.42. The Balaban J connectivity index is 1.60. The maximum Gasteiger partial charge on any atom is 0.256 e. The number of carbonyl (C=O) groups excluding carboxylic acids is 1. The normalized spacial score (nSPS) is 21.9. The number of nitrogens with one attached hydrogen (secondary N) is 1. The van der Waals surface area contributed by atoms with Crippen LogP contribution in [0.25, 0.3) is 0 Å². The molecule has 2 atom stereocenters. The standard InChI is InChI=1S/C24H31NO3/c1-3-16-28-24(15-7-8-19(2)17-24)23(26)25-21-11-13-22(14-12-21)27-18-20-9-5-4-6-10-20/h4-6,9-14,19H,3,7-8,15-18H2,1-2H3,(H,25,26)/t19-,24-/m0/s1. The fraction of sp³-hybridized carbons (Fsp3) is 0.458. The van der Waals surface area contributed by atoms with Crippen molar-refractivity contribution in [3.05, 3.63) is 60.2 Å². The monoisotopic (exact) mass is 381 g/mol. The molecule has 1 fully saturated rings. The number of rotatable bonds is 8. The van der Waals surface area contributed by atoms with E-state index in [1.807, 2.05) is 54.6 Å². The van der Waals surface area contributed by atoms with Crippen LogP contribution in [0.15, 0.2) is 54.6 Å². The minimum Gasteiger partial charge on any atom is -0.489 e. The summed E-state index contributed by atoms with van der Waals surface area (Å²) in [6, 6.07) is 17.6. The number of carbonyl (C=O) groups is 1. The average molecular weight is 382 g/mol. The molecule has 0 heterocycles. The zero-order chi connectivity index (χ0) is 19.8. The molecule has 0 bridgehead atoms. The summed E-state index contributed by atoms with van der Waals surface area (Å²) in [5, 5.41) is 3.06. The summed E-state index contributed by atoms with van der Waals surface area (Å²) < 4.78 is 11.9. The van der Waals surface area contributed by atoms with Crippen LogP contribution in [0.1, 0.15) is 51.5 Å².